The number of fused-ring (bicyclic) bond motifs is 1. The Bertz CT molecular complexity index is 508. The third-order valence-electron chi connectivity index (χ3n) is 3.49. The van der Waals surface area contributed by atoms with Gasteiger partial charge >= 0.3 is 0 Å². The van der Waals surface area contributed by atoms with E-state index in [4.69, 9.17) is 20.7 Å². The van der Waals surface area contributed by atoms with Gasteiger partial charge < -0.3 is 24.4 Å². The van der Waals surface area contributed by atoms with Crippen LogP contribution in [0.2, 0.25) is 0 Å². The molecule has 1 aliphatic heterocycles. The molecule has 9 nitrogen and oxygen atoms in total. The highest BCUT2D eigenvalue weighted by Gasteiger charge is 2.38. The lowest BCUT2D eigenvalue weighted by atomic mass is 10.2. The molecule has 0 spiro atoms. The second kappa shape index (κ2) is 8.06. The Balaban J connectivity index is 0.00000242. The van der Waals surface area contributed by atoms with Gasteiger partial charge in [0.1, 0.15) is 12.8 Å². The summed E-state index contributed by atoms with van der Waals surface area (Å²) in [7, 11) is 1.73. The number of carbonyl (C=O) groups is 1. The molecule has 0 radical (unpaired) electrons. The van der Waals surface area contributed by atoms with Crippen molar-refractivity contribution in [1.82, 2.24) is 14.5 Å². The smallest absolute Gasteiger partial charge is 0.277 e. The van der Waals surface area contributed by atoms with E-state index in [1.807, 2.05) is 6.92 Å². The van der Waals surface area contributed by atoms with Crippen LogP contribution in [0.25, 0.3) is 0 Å². The van der Waals surface area contributed by atoms with Gasteiger partial charge in [-0.2, -0.15) is 0 Å². The number of aryl methyl sites for hydroxylation is 1. The van der Waals surface area contributed by atoms with Crippen molar-refractivity contribution >= 4 is 35.7 Å². The van der Waals surface area contributed by atoms with Crippen LogP contribution in [0.1, 0.15) is 17.4 Å². The van der Waals surface area contributed by atoms with Crippen molar-refractivity contribution in [2.45, 2.75) is 19.3 Å². The molecule has 1 atom stereocenters. The summed E-state index contributed by atoms with van der Waals surface area (Å²) in [6.45, 7) is 1.70. The topological polar surface area (TPSA) is 117 Å². The van der Waals surface area contributed by atoms with Crippen LogP contribution in [-0.2, 0) is 11.8 Å². The summed E-state index contributed by atoms with van der Waals surface area (Å²) in [6.07, 6.45) is 0.136. The number of carbonyl (C=O) groups excluding carboxylic acids is 1. The zero-order chi connectivity index (χ0) is 15.6. The number of hydrogen-bond acceptors (Lipinski definition) is 7. The lowest BCUT2D eigenvalue weighted by molar-refractivity contribution is -0.0257. The first-order chi connectivity index (χ1) is 10.0. The Morgan fingerprint density at radius 1 is 1.41 bits per heavy atom. The number of nitrogens with two attached hydrogens (primary N) is 1. The van der Waals surface area contributed by atoms with Crippen LogP contribution < -0.4 is 10.6 Å². The maximum Gasteiger partial charge on any atom is 0.277 e. The molecule has 10 heteroatoms. The molecule has 0 fully saturated rings. The molecular weight excluding hydrogens is 405 g/mol. The predicted octanol–water partition coefficient (Wildman–Crippen LogP) is -1.11. The van der Waals surface area contributed by atoms with Gasteiger partial charge in [-0.15, -0.1) is 24.0 Å². The number of amides is 1. The molecule has 22 heavy (non-hydrogen) atoms. The van der Waals surface area contributed by atoms with Gasteiger partial charge in [-0.3, -0.25) is 15.4 Å². The summed E-state index contributed by atoms with van der Waals surface area (Å²) in [5.74, 6) is 0.256. The molecule has 2 heterocycles. The number of hydrogen-bond donors (Lipinski definition) is 3. The fraction of sp³-hybridized carbons (Fsp3) is 0.667. The normalized spacial score (nSPS) is 17.7. The van der Waals surface area contributed by atoms with E-state index in [-0.39, 0.29) is 49.8 Å². The van der Waals surface area contributed by atoms with Crippen molar-refractivity contribution in [3.05, 3.63) is 12.0 Å². The Morgan fingerprint density at radius 3 is 2.59 bits per heavy atom. The molecule has 0 bridgehead atoms. The lowest BCUT2D eigenvalue weighted by Gasteiger charge is -2.41. The minimum absolute atomic E-state index is 0. The number of imidazole rings is 1. The Hall–Kier alpha value is -0.950. The van der Waals surface area contributed by atoms with Crippen molar-refractivity contribution in [3.63, 3.8) is 0 Å². The van der Waals surface area contributed by atoms with Crippen LogP contribution in [0.4, 0.5) is 5.82 Å². The van der Waals surface area contributed by atoms with E-state index in [1.165, 1.54) is 11.2 Å². The first-order valence-corrected chi connectivity index (χ1v) is 6.72. The highest BCUT2D eigenvalue weighted by Crippen LogP contribution is 2.27. The first-order valence-electron chi connectivity index (χ1n) is 6.72. The molecule has 1 amide bonds. The summed E-state index contributed by atoms with van der Waals surface area (Å²) in [4.78, 5) is 19.7. The second-order valence-corrected chi connectivity index (χ2v) is 4.79. The zero-order valence-corrected chi connectivity index (χ0v) is 14.9. The van der Waals surface area contributed by atoms with E-state index in [0.29, 0.717) is 18.1 Å². The van der Waals surface area contributed by atoms with E-state index in [9.17, 15) is 4.79 Å². The number of rotatable bonds is 6. The minimum Gasteiger partial charge on any atom is -0.394 e. The van der Waals surface area contributed by atoms with Gasteiger partial charge in [0.15, 0.2) is 17.8 Å². The summed E-state index contributed by atoms with van der Waals surface area (Å²) < 4.78 is 7.04. The van der Waals surface area contributed by atoms with Crippen molar-refractivity contribution in [2.75, 3.05) is 31.4 Å². The molecule has 1 aliphatic rings. The number of aliphatic hydroxyl groups is 2. The number of anilines is 1. The van der Waals surface area contributed by atoms with Crippen LogP contribution in [0.3, 0.4) is 0 Å². The molecular formula is C12H22IN5O4. The standard InChI is InChI=1S/C12H21N5O4.HI/c1-3-16-11(20)9-10(14-6-15(9)2)17(12(16)13)7-21-8(4-18)5-19;/h6,8,12,18-19H,3-5,7,13H2,1-2H3;1H. The average Bonchev–Trinajstić information content (AvgIpc) is 2.85. The molecule has 1 aromatic heterocycles. The van der Waals surface area contributed by atoms with Crippen molar-refractivity contribution in [3.8, 4) is 0 Å². The second-order valence-electron chi connectivity index (χ2n) is 4.79. The molecule has 1 unspecified atom stereocenters. The average molecular weight is 427 g/mol. The van der Waals surface area contributed by atoms with Gasteiger partial charge in [0.2, 0.25) is 0 Å². The maximum absolute atomic E-state index is 12.4. The molecule has 126 valence electrons. The highest BCUT2D eigenvalue weighted by molar-refractivity contribution is 14.0. The Kier molecular flexibility index (Phi) is 6.99. The Morgan fingerprint density at radius 2 is 2.05 bits per heavy atom. The molecule has 0 aliphatic carbocycles. The maximum atomic E-state index is 12.4. The number of halogens is 1. The molecule has 1 aromatic rings. The van der Waals surface area contributed by atoms with Gasteiger partial charge in [0.25, 0.3) is 5.91 Å². The van der Waals surface area contributed by atoms with E-state index in [2.05, 4.69) is 4.98 Å². The summed E-state index contributed by atoms with van der Waals surface area (Å²) >= 11 is 0. The van der Waals surface area contributed by atoms with Gasteiger partial charge in [0.05, 0.1) is 19.5 Å². The van der Waals surface area contributed by atoms with Gasteiger partial charge in [-0.05, 0) is 6.92 Å². The molecule has 4 N–H and O–H groups in total. The quantitative estimate of drug-likeness (QED) is 0.493. The monoisotopic (exact) mass is 427 g/mol. The van der Waals surface area contributed by atoms with Gasteiger partial charge in [-0.1, -0.05) is 0 Å². The highest BCUT2D eigenvalue weighted by atomic mass is 127. The van der Waals surface area contributed by atoms with Crippen molar-refractivity contribution in [2.24, 2.45) is 12.8 Å². The molecule has 0 aromatic carbocycles. The molecule has 0 saturated heterocycles. The summed E-state index contributed by atoms with van der Waals surface area (Å²) in [5.41, 5.74) is 6.53. The summed E-state index contributed by atoms with van der Waals surface area (Å²) in [6, 6.07) is 0. The van der Waals surface area contributed by atoms with E-state index < -0.39 is 12.4 Å². The fourth-order valence-corrected chi connectivity index (χ4v) is 2.24. The van der Waals surface area contributed by atoms with Crippen LogP contribution in [0.15, 0.2) is 6.33 Å². The number of ether oxygens (including phenoxy) is 1. The minimum atomic E-state index is -0.706. The largest absolute Gasteiger partial charge is 0.394 e. The molecule has 0 saturated carbocycles. The fourth-order valence-electron chi connectivity index (χ4n) is 2.24. The third kappa shape index (κ3) is 3.35. The lowest BCUT2D eigenvalue weighted by Crippen LogP contribution is -2.61. The molecule has 2 rings (SSSR count). The van der Waals surface area contributed by atoms with Crippen molar-refractivity contribution in [1.29, 1.82) is 0 Å². The van der Waals surface area contributed by atoms with Gasteiger partial charge in [-0.25, -0.2) is 4.98 Å². The SMILES string of the molecule is CCN1C(=O)c2c(ncn2C)N(COC(CO)CO)C1N.I. The van der Waals surface area contributed by atoms with E-state index in [1.54, 1.807) is 16.5 Å². The van der Waals surface area contributed by atoms with E-state index >= 15 is 0 Å². The Labute approximate surface area is 145 Å². The predicted molar refractivity (Wildman–Crippen MR) is 89.7 cm³/mol. The van der Waals surface area contributed by atoms with Crippen molar-refractivity contribution < 1.29 is 19.7 Å². The van der Waals surface area contributed by atoms with Crippen LogP contribution >= 0.6 is 24.0 Å². The number of aromatic nitrogens is 2. The van der Waals surface area contributed by atoms with Gasteiger partial charge in [0, 0.05) is 13.6 Å². The van der Waals surface area contributed by atoms with Crippen LogP contribution in [-0.4, -0.2) is 69.5 Å². The third-order valence-corrected chi connectivity index (χ3v) is 3.49. The zero-order valence-electron chi connectivity index (χ0n) is 12.5. The number of aliphatic hydroxyl groups excluding tert-OH is 2. The summed E-state index contributed by atoms with van der Waals surface area (Å²) in [5, 5.41) is 18.1. The number of nitrogens with zero attached hydrogens (tertiary/aromatic N) is 4. The first kappa shape index (κ1) is 19.1. The van der Waals surface area contributed by atoms with Crippen LogP contribution in [0.5, 0.6) is 0 Å². The van der Waals surface area contributed by atoms with E-state index in [0.717, 1.165) is 0 Å². The van der Waals surface area contributed by atoms with Crippen LogP contribution in [0, 0.1) is 0 Å².